The first-order valence-corrected chi connectivity index (χ1v) is 6.80. The maximum atomic E-state index is 13.9. The Hall–Kier alpha value is -1.38. The topological polar surface area (TPSA) is 26.0 Å². The molecule has 0 saturated carbocycles. The molecule has 1 unspecified atom stereocenters. The minimum absolute atomic E-state index is 0.257. The summed E-state index contributed by atoms with van der Waals surface area (Å²) in [7, 11) is 0. The lowest BCUT2D eigenvalue weighted by Crippen LogP contribution is -2.23. The van der Waals surface area contributed by atoms with E-state index in [1.807, 2.05) is 12.1 Å². The summed E-state index contributed by atoms with van der Waals surface area (Å²) in [6.07, 6.45) is 1.83. The molecular formula is C16H15ClFN. The molecule has 19 heavy (non-hydrogen) atoms. The molecule has 3 rings (SSSR count). The molecule has 0 spiro atoms. The molecule has 0 aliphatic heterocycles. The van der Waals surface area contributed by atoms with E-state index in [1.54, 1.807) is 12.1 Å². The van der Waals surface area contributed by atoms with Gasteiger partial charge in [-0.15, -0.1) is 0 Å². The van der Waals surface area contributed by atoms with E-state index in [9.17, 15) is 4.39 Å². The summed E-state index contributed by atoms with van der Waals surface area (Å²) >= 11 is 5.77. The van der Waals surface area contributed by atoms with Crippen molar-refractivity contribution in [3.63, 3.8) is 0 Å². The Kier molecular flexibility index (Phi) is 3.29. The zero-order chi connectivity index (χ0) is 13.4. The van der Waals surface area contributed by atoms with Crippen LogP contribution in [0, 0.1) is 11.7 Å². The maximum absolute atomic E-state index is 13.9. The fraction of sp³-hybridized carbons (Fsp3) is 0.250. The number of hydrogen-bond acceptors (Lipinski definition) is 1. The second-order valence-corrected chi connectivity index (χ2v) is 5.57. The van der Waals surface area contributed by atoms with E-state index < -0.39 is 0 Å². The molecule has 0 amide bonds. The normalized spacial score (nSPS) is 16.4. The van der Waals surface area contributed by atoms with Gasteiger partial charge in [0.15, 0.2) is 0 Å². The van der Waals surface area contributed by atoms with Gasteiger partial charge in [0.2, 0.25) is 0 Å². The van der Waals surface area contributed by atoms with Crippen molar-refractivity contribution in [1.82, 2.24) is 0 Å². The number of halogens is 2. The quantitative estimate of drug-likeness (QED) is 0.884. The lowest BCUT2D eigenvalue weighted by atomic mass is 9.91. The van der Waals surface area contributed by atoms with Crippen LogP contribution in [0.4, 0.5) is 4.39 Å². The van der Waals surface area contributed by atoms with Crippen LogP contribution in [0.15, 0.2) is 42.5 Å². The van der Waals surface area contributed by atoms with Crippen LogP contribution in [0.2, 0.25) is 5.02 Å². The van der Waals surface area contributed by atoms with Crippen molar-refractivity contribution in [2.75, 3.05) is 0 Å². The van der Waals surface area contributed by atoms with Crippen molar-refractivity contribution < 1.29 is 4.39 Å². The van der Waals surface area contributed by atoms with Gasteiger partial charge in [-0.3, -0.25) is 0 Å². The molecule has 98 valence electrons. The molecule has 2 aromatic rings. The average molecular weight is 276 g/mol. The predicted molar refractivity (Wildman–Crippen MR) is 75.7 cm³/mol. The van der Waals surface area contributed by atoms with Gasteiger partial charge in [0.05, 0.1) is 0 Å². The van der Waals surface area contributed by atoms with Crippen LogP contribution in [0.25, 0.3) is 0 Å². The summed E-state index contributed by atoms with van der Waals surface area (Å²) in [4.78, 5) is 0. The predicted octanol–water partition coefficient (Wildman–Crippen LogP) is 3.89. The molecule has 3 heteroatoms. The Morgan fingerprint density at radius 2 is 1.74 bits per heavy atom. The fourth-order valence-corrected chi connectivity index (χ4v) is 3.03. The highest BCUT2D eigenvalue weighted by Gasteiger charge is 2.28. The molecule has 2 N–H and O–H groups in total. The Bertz CT molecular complexity index is 586. The molecule has 0 heterocycles. The first kappa shape index (κ1) is 12.6. The zero-order valence-electron chi connectivity index (χ0n) is 10.4. The summed E-state index contributed by atoms with van der Waals surface area (Å²) in [6.45, 7) is 0. The van der Waals surface area contributed by atoms with E-state index in [1.165, 1.54) is 17.2 Å². The van der Waals surface area contributed by atoms with Gasteiger partial charge in [-0.1, -0.05) is 41.9 Å². The molecule has 0 saturated heterocycles. The van der Waals surface area contributed by atoms with E-state index in [4.69, 9.17) is 17.3 Å². The SMILES string of the molecule is NC(c1ccc(Cl)cc1F)C1Cc2ccccc2C1. The molecule has 0 radical (unpaired) electrons. The van der Waals surface area contributed by atoms with Crippen LogP contribution in [0.3, 0.4) is 0 Å². The van der Waals surface area contributed by atoms with Gasteiger partial charge < -0.3 is 5.73 Å². The second-order valence-electron chi connectivity index (χ2n) is 5.13. The van der Waals surface area contributed by atoms with Gasteiger partial charge in [-0.05, 0) is 42.0 Å². The van der Waals surface area contributed by atoms with Crippen LogP contribution in [0.5, 0.6) is 0 Å². The first-order valence-electron chi connectivity index (χ1n) is 6.42. The Morgan fingerprint density at radius 1 is 1.11 bits per heavy atom. The monoisotopic (exact) mass is 275 g/mol. The van der Waals surface area contributed by atoms with Crippen molar-refractivity contribution >= 4 is 11.6 Å². The smallest absolute Gasteiger partial charge is 0.129 e. The van der Waals surface area contributed by atoms with E-state index in [2.05, 4.69) is 12.1 Å². The molecule has 1 aliphatic carbocycles. The molecule has 1 atom stereocenters. The van der Waals surface area contributed by atoms with Crippen LogP contribution < -0.4 is 5.73 Å². The zero-order valence-corrected chi connectivity index (χ0v) is 11.2. The Labute approximate surface area is 117 Å². The number of benzene rings is 2. The van der Waals surface area contributed by atoms with Crippen molar-refractivity contribution in [2.45, 2.75) is 18.9 Å². The molecule has 1 aliphatic rings. The third-order valence-corrected chi connectivity index (χ3v) is 4.15. The van der Waals surface area contributed by atoms with Gasteiger partial charge in [-0.2, -0.15) is 0 Å². The lowest BCUT2D eigenvalue weighted by Gasteiger charge is -2.20. The van der Waals surface area contributed by atoms with E-state index in [0.29, 0.717) is 10.6 Å². The number of rotatable bonds is 2. The standard InChI is InChI=1S/C16H15ClFN/c17-13-5-6-14(15(18)9-13)16(19)12-7-10-3-1-2-4-11(10)8-12/h1-6,9,12,16H,7-8,19H2. The molecular weight excluding hydrogens is 261 g/mol. The third-order valence-electron chi connectivity index (χ3n) is 3.91. The number of nitrogens with two attached hydrogens (primary N) is 1. The van der Waals surface area contributed by atoms with Crippen molar-refractivity contribution in [1.29, 1.82) is 0 Å². The van der Waals surface area contributed by atoms with E-state index >= 15 is 0 Å². The van der Waals surface area contributed by atoms with Crippen LogP contribution in [-0.2, 0) is 12.8 Å². The lowest BCUT2D eigenvalue weighted by molar-refractivity contribution is 0.436. The third kappa shape index (κ3) is 2.38. The van der Waals surface area contributed by atoms with E-state index in [0.717, 1.165) is 12.8 Å². The Balaban J connectivity index is 1.85. The molecule has 0 bridgehead atoms. The molecule has 0 fully saturated rings. The average Bonchev–Trinajstić information content (AvgIpc) is 2.81. The highest BCUT2D eigenvalue weighted by molar-refractivity contribution is 6.30. The fourth-order valence-electron chi connectivity index (χ4n) is 2.87. The number of hydrogen-bond donors (Lipinski definition) is 1. The van der Waals surface area contributed by atoms with Crippen molar-refractivity contribution in [3.05, 3.63) is 70.0 Å². The minimum atomic E-state index is -0.309. The van der Waals surface area contributed by atoms with Gasteiger partial charge in [-0.25, -0.2) is 4.39 Å². The highest BCUT2D eigenvalue weighted by atomic mass is 35.5. The van der Waals surface area contributed by atoms with Gasteiger partial charge >= 0.3 is 0 Å². The number of fused-ring (bicyclic) bond motifs is 1. The maximum Gasteiger partial charge on any atom is 0.129 e. The van der Waals surface area contributed by atoms with Gasteiger partial charge in [0.1, 0.15) is 5.82 Å². The van der Waals surface area contributed by atoms with Gasteiger partial charge in [0, 0.05) is 16.6 Å². The molecule has 1 nitrogen and oxygen atoms in total. The summed E-state index contributed by atoms with van der Waals surface area (Å²) in [5.74, 6) is -0.0518. The van der Waals surface area contributed by atoms with Crippen molar-refractivity contribution in [2.24, 2.45) is 11.7 Å². The second kappa shape index (κ2) is 4.95. The summed E-state index contributed by atoms with van der Waals surface area (Å²) in [5, 5.41) is 0.406. The van der Waals surface area contributed by atoms with Crippen LogP contribution >= 0.6 is 11.6 Å². The Morgan fingerprint density at radius 3 is 2.32 bits per heavy atom. The summed E-state index contributed by atoms with van der Waals surface area (Å²) < 4.78 is 13.9. The largest absolute Gasteiger partial charge is 0.324 e. The van der Waals surface area contributed by atoms with Crippen LogP contribution in [-0.4, -0.2) is 0 Å². The highest BCUT2D eigenvalue weighted by Crippen LogP contribution is 2.35. The molecule has 0 aromatic heterocycles. The summed E-state index contributed by atoms with van der Waals surface area (Å²) in [5.41, 5.74) is 9.47. The van der Waals surface area contributed by atoms with Crippen LogP contribution in [0.1, 0.15) is 22.7 Å². The van der Waals surface area contributed by atoms with Gasteiger partial charge in [0.25, 0.3) is 0 Å². The summed E-state index contributed by atoms with van der Waals surface area (Å²) in [6, 6.07) is 12.8. The minimum Gasteiger partial charge on any atom is -0.324 e. The van der Waals surface area contributed by atoms with E-state index in [-0.39, 0.29) is 17.8 Å². The van der Waals surface area contributed by atoms with Crippen molar-refractivity contribution in [3.8, 4) is 0 Å². The molecule has 2 aromatic carbocycles. The first-order chi connectivity index (χ1) is 9.15.